The number of unbranched alkanes of at least 4 members (excludes halogenated alkanes) is 2. The van der Waals surface area contributed by atoms with Crippen LogP contribution in [0.25, 0.3) is 0 Å². The highest BCUT2D eigenvalue weighted by Gasteiger charge is 2.04. The highest BCUT2D eigenvalue weighted by Crippen LogP contribution is 2.16. The second kappa shape index (κ2) is 8.48. The van der Waals surface area contributed by atoms with Crippen LogP contribution < -0.4 is 11.1 Å². The molecule has 0 unspecified atom stereocenters. The minimum atomic E-state index is -0.489. The molecule has 0 saturated heterocycles. The van der Waals surface area contributed by atoms with Gasteiger partial charge >= 0.3 is 0 Å². The number of nitrogen functional groups attached to an aromatic ring is 1. The molecule has 106 valence electrons. The van der Waals surface area contributed by atoms with Gasteiger partial charge in [0.05, 0.1) is 18.7 Å². The molecule has 1 amide bonds. The largest absolute Gasteiger partial charge is 0.396 e. The third-order valence-electron chi connectivity index (χ3n) is 2.65. The molecule has 1 aromatic carbocycles. The Bertz CT molecular complexity index is 410. The van der Waals surface area contributed by atoms with Crippen LogP contribution in [0.5, 0.6) is 0 Å². The topological polar surface area (TPSA) is 64.3 Å². The van der Waals surface area contributed by atoms with E-state index >= 15 is 0 Å². The number of ether oxygens (including phenoxy) is 1. The Kier molecular flexibility index (Phi) is 6.89. The molecule has 4 nitrogen and oxygen atoms in total. The Morgan fingerprint density at radius 3 is 2.84 bits per heavy atom. The van der Waals surface area contributed by atoms with Crippen LogP contribution in [-0.2, 0) is 9.53 Å². The summed E-state index contributed by atoms with van der Waals surface area (Å²) in [6.45, 7) is 3.21. The molecule has 0 spiro atoms. The maximum atomic E-state index is 12.9. The normalized spacial score (nSPS) is 10.4. The SMILES string of the molecule is CCCCCOCCC(=O)Nc1ccc(F)c(N)c1. The molecule has 19 heavy (non-hydrogen) atoms. The number of anilines is 2. The fourth-order valence-electron chi connectivity index (χ4n) is 1.57. The molecule has 5 heteroatoms. The summed E-state index contributed by atoms with van der Waals surface area (Å²) >= 11 is 0. The first-order valence-electron chi connectivity index (χ1n) is 6.56. The predicted molar refractivity (Wildman–Crippen MR) is 74.4 cm³/mol. The fraction of sp³-hybridized carbons (Fsp3) is 0.500. The van der Waals surface area contributed by atoms with Crippen LogP contribution in [0.4, 0.5) is 15.8 Å². The number of hydrogen-bond acceptors (Lipinski definition) is 3. The van der Waals surface area contributed by atoms with Gasteiger partial charge in [0.25, 0.3) is 0 Å². The Labute approximate surface area is 113 Å². The maximum Gasteiger partial charge on any atom is 0.226 e. The second-order valence-corrected chi connectivity index (χ2v) is 4.35. The van der Waals surface area contributed by atoms with Crippen molar-refractivity contribution in [3.63, 3.8) is 0 Å². The molecular formula is C14H21FN2O2. The van der Waals surface area contributed by atoms with Crippen LogP contribution in [0.15, 0.2) is 18.2 Å². The number of rotatable bonds is 8. The zero-order valence-electron chi connectivity index (χ0n) is 11.2. The lowest BCUT2D eigenvalue weighted by molar-refractivity contribution is -0.117. The Balaban J connectivity index is 2.21. The van der Waals surface area contributed by atoms with Crippen LogP contribution in [0.3, 0.4) is 0 Å². The van der Waals surface area contributed by atoms with Crippen molar-refractivity contribution in [1.82, 2.24) is 0 Å². The first-order valence-corrected chi connectivity index (χ1v) is 6.56. The first-order chi connectivity index (χ1) is 9.13. The number of nitrogens with two attached hydrogens (primary N) is 1. The van der Waals surface area contributed by atoms with E-state index in [1.807, 2.05) is 0 Å². The summed E-state index contributed by atoms with van der Waals surface area (Å²) in [7, 11) is 0. The molecule has 0 aromatic heterocycles. The van der Waals surface area contributed by atoms with Gasteiger partial charge in [-0.1, -0.05) is 19.8 Å². The van der Waals surface area contributed by atoms with Crippen LogP contribution in [-0.4, -0.2) is 19.1 Å². The molecule has 0 radical (unpaired) electrons. The van der Waals surface area contributed by atoms with E-state index in [-0.39, 0.29) is 18.0 Å². The summed E-state index contributed by atoms with van der Waals surface area (Å²) in [5.74, 6) is -0.654. The van der Waals surface area contributed by atoms with Crippen LogP contribution in [0, 0.1) is 5.82 Å². The highest BCUT2D eigenvalue weighted by molar-refractivity contribution is 5.91. The number of carbonyl (C=O) groups is 1. The summed E-state index contributed by atoms with van der Waals surface area (Å²) in [5, 5.41) is 2.65. The molecule has 0 aliphatic heterocycles. The summed E-state index contributed by atoms with van der Waals surface area (Å²) in [6, 6.07) is 4.10. The average molecular weight is 268 g/mol. The minimum Gasteiger partial charge on any atom is -0.396 e. The van der Waals surface area contributed by atoms with E-state index in [1.54, 1.807) is 0 Å². The number of halogens is 1. The molecule has 0 aliphatic rings. The summed E-state index contributed by atoms with van der Waals surface area (Å²) in [5.41, 5.74) is 5.93. The zero-order chi connectivity index (χ0) is 14.1. The van der Waals surface area contributed by atoms with Crippen LogP contribution >= 0.6 is 0 Å². The smallest absolute Gasteiger partial charge is 0.226 e. The van der Waals surface area contributed by atoms with E-state index in [1.165, 1.54) is 18.2 Å². The number of hydrogen-bond donors (Lipinski definition) is 2. The summed E-state index contributed by atoms with van der Waals surface area (Å²) < 4.78 is 18.3. The Morgan fingerprint density at radius 2 is 2.16 bits per heavy atom. The van der Waals surface area contributed by atoms with Gasteiger partial charge in [-0.2, -0.15) is 0 Å². The molecule has 0 atom stereocenters. The summed E-state index contributed by atoms with van der Waals surface area (Å²) in [6.07, 6.45) is 3.59. The number of nitrogens with one attached hydrogen (secondary N) is 1. The molecule has 0 saturated carbocycles. The Morgan fingerprint density at radius 1 is 1.37 bits per heavy atom. The number of benzene rings is 1. The van der Waals surface area contributed by atoms with E-state index in [0.29, 0.717) is 18.9 Å². The van der Waals surface area contributed by atoms with E-state index in [4.69, 9.17) is 10.5 Å². The average Bonchev–Trinajstić information content (AvgIpc) is 2.38. The summed E-state index contributed by atoms with van der Waals surface area (Å²) in [4.78, 5) is 11.6. The van der Waals surface area contributed by atoms with Crippen molar-refractivity contribution >= 4 is 17.3 Å². The minimum absolute atomic E-state index is 0.0219. The lowest BCUT2D eigenvalue weighted by Crippen LogP contribution is -2.14. The molecule has 3 N–H and O–H groups in total. The van der Waals surface area contributed by atoms with Crippen molar-refractivity contribution in [2.75, 3.05) is 24.3 Å². The quantitative estimate of drug-likeness (QED) is 0.563. The van der Waals surface area contributed by atoms with Crippen molar-refractivity contribution in [3.8, 4) is 0 Å². The third kappa shape index (κ3) is 6.20. The highest BCUT2D eigenvalue weighted by atomic mass is 19.1. The van der Waals surface area contributed by atoms with Crippen molar-refractivity contribution in [2.45, 2.75) is 32.6 Å². The molecule has 0 heterocycles. The Hall–Kier alpha value is -1.62. The van der Waals surface area contributed by atoms with Crippen LogP contribution in [0.2, 0.25) is 0 Å². The molecule has 1 rings (SSSR count). The van der Waals surface area contributed by atoms with E-state index in [2.05, 4.69) is 12.2 Å². The van der Waals surface area contributed by atoms with Crippen molar-refractivity contribution in [1.29, 1.82) is 0 Å². The van der Waals surface area contributed by atoms with Gasteiger partial charge in [-0.05, 0) is 24.6 Å². The van der Waals surface area contributed by atoms with Gasteiger partial charge in [0.15, 0.2) is 0 Å². The van der Waals surface area contributed by atoms with Gasteiger partial charge in [-0.25, -0.2) is 4.39 Å². The van der Waals surface area contributed by atoms with Crippen molar-refractivity contribution < 1.29 is 13.9 Å². The van der Waals surface area contributed by atoms with Crippen LogP contribution in [0.1, 0.15) is 32.6 Å². The lowest BCUT2D eigenvalue weighted by Gasteiger charge is -2.07. The molecular weight excluding hydrogens is 247 g/mol. The molecule has 0 bridgehead atoms. The number of carbonyl (C=O) groups excluding carboxylic acids is 1. The molecule has 0 aliphatic carbocycles. The molecule has 0 fully saturated rings. The van der Waals surface area contributed by atoms with E-state index < -0.39 is 5.82 Å². The third-order valence-corrected chi connectivity index (χ3v) is 2.65. The first kappa shape index (κ1) is 15.4. The number of amides is 1. The lowest BCUT2D eigenvalue weighted by atomic mass is 10.2. The van der Waals surface area contributed by atoms with E-state index in [0.717, 1.165) is 19.3 Å². The maximum absolute atomic E-state index is 12.9. The standard InChI is InChI=1S/C14H21FN2O2/c1-2-3-4-8-19-9-7-14(18)17-11-5-6-12(15)13(16)10-11/h5-6,10H,2-4,7-9,16H2,1H3,(H,17,18). The second-order valence-electron chi connectivity index (χ2n) is 4.35. The van der Waals surface area contributed by atoms with Gasteiger partial charge in [0.2, 0.25) is 5.91 Å². The van der Waals surface area contributed by atoms with Gasteiger partial charge < -0.3 is 15.8 Å². The molecule has 1 aromatic rings. The van der Waals surface area contributed by atoms with E-state index in [9.17, 15) is 9.18 Å². The predicted octanol–water partition coefficient (Wildman–Crippen LogP) is 2.94. The van der Waals surface area contributed by atoms with Crippen molar-refractivity contribution in [2.24, 2.45) is 0 Å². The van der Waals surface area contributed by atoms with Gasteiger partial charge in [0, 0.05) is 12.3 Å². The monoisotopic (exact) mass is 268 g/mol. The van der Waals surface area contributed by atoms with Gasteiger partial charge in [-0.15, -0.1) is 0 Å². The van der Waals surface area contributed by atoms with Gasteiger partial charge in [-0.3, -0.25) is 4.79 Å². The van der Waals surface area contributed by atoms with Crippen molar-refractivity contribution in [3.05, 3.63) is 24.0 Å². The fourth-order valence-corrected chi connectivity index (χ4v) is 1.57. The van der Waals surface area contributed by atoms with Gasteiger partial charge in [0.1, 0.15) is 5.82 Å². The zero-order valence-corrected chi connectivity index (χ0v) is 11.2.